The Kier molecular flexibility index (Phi) is 9.07. The van der Waals surface area contributed by atoms with Gasteiger partial charge in [-0.05, 0) is 67.3 Å². The zero-order valence-corrected chi connectivity index (χ0v) is 26.9. The maximum atomic E-state index is 13.4. The highest BCUT2D eigenvalue weighted by molar-refractivity contribution is 7.99. The average molecular weight is 622 g/mol. The summed E-state index contributed by atoms with van der Waals surface area (Å²) in [6.07, 6.45) is 4.89. The first-order chi connectivity index (χ1) is 21.8. The number of H-pyrrole nitrogens is 1. The smallest absolute Gasteiger partial charge is 0.340 e. The fourth-order valence-corrected chi connectivity index (χ4v) is 7.11. The molecule has 2 heterocycles. The Bertz CT molecular complexity index is 1830. The summed E-state index contributed by atoms with van der Waals surface area (Å²) in [4.78, 5) is 30.0. The second kappa shape index (κ2) is 13.3. The quantitative estimate of drug-likeness (QED) is 0.127. The van der Waals surface area contributed by atoms with Crippen molar-refractivity contribution in [3.63, 3.8) is 0 Å². The minimum Gasteiger partial charge on any atom is -0.458 e. The lowest BCUT2D eigenvalue weighted by molar-refractivity contribution is -0.113. The van der Waals surface area contributed by atoms with Gasteiger partial charge in [-0.2, -0.15) is 0 Å². The van der Waals surface area contributed by atoms with Crippen molar-refractivity contribution in [3.8, 4) is 17.1 Å². The summed E-state index contributed by atoms with van der Waals surface area (Å²) in [6.45, 7) is 8.64. The zero-order valence-electron chi connectivity index (χ0n) is 26.1. The normalized spacial score (nSPS) is 18.3. The SMILES string of the molecule is Cc1ccccc1-n1c(SCC(=O)Nc2ccccc2C(=O)O[C@@H]2C[C@H](C)CC[C@H]2C(C)C)nnc1-c1c[nH]c2ccccc12. The second-order valence-electron chi connectivity index (χ2n) is 12.3. The van der Waals surface area contributed by atoms with E-state index < -0.39 is 5.97 Å². The summed E-state index contributed by atoms with van der Waals surface area (Å²) in [7, 11) is 0. The van der Waals surface area contributed by atoms with Gasteiger partial charge in [-0.3, -0.25) is 9.36 Å². The number of aryl methyl sites for hydroxylation is 1. The molecule has 0 unspecified atom stereocenters. The van der Waals surface area contributed by atoms with Gasteiger partial charge in [-0.25, -0.2) is 4.79 Å². The van der Waals surface area contributed by atoms with Crippen LogP contribution in [-0.4, -0.2) is 43.5 Å². The molecule has 8 nitrogen and oxygen atoms in total. The van der Waals surface area contributed by atoms with Crippen LogP contribution in [0, 0.1) is 24.7 Å². The number of carbonyl (C=O) groups is 2. The van der Waals surface area contributed by atoms with Crippen molar-refractivity contribution in [1.82, 2.24) is 19.7 Å². The highest BCUT2D eigenvalue weighted by Gasteiger charge is 2.34. The molecule has 5 aromatic rings. The third-order valence-electron chi connectivity index (χ3n) is 8.79. The van der Waals surface area contributed by atoms with Crippen LogP contribution in [0.15, 0.2) is 84.1 Å². The van der Waals surface area contributed by atoms with Crippen LogP contribution in [-0.2, 0) is 9.53 Å². The van der Waals surface area contributed by atoms with Gasteiger partial charge in [-0.15, -0.1) is 10.2 Å². The average Bonchev–Trinajstić information content (AvgIpc) is 3.64. The van der Waals surface area contributed by atoms with Gasteiger partial charge in [0.25, 0.3) is 0 Å². The van der Waals surface area contributed by atoms with Crippen LogP contribution >= 0.6 is 11.8 Å². The zero-order chi connectivity index (χ0) is 31.5. The molecule has 3 aromatic carbocycles. The fourth-order valence-electron chi connectivity index (χ4n) is 6.36. The van der Waals surface area contributed by atoms with Gasteiger partial charge in [0.05, 0.1) is 22.7 Å². The second-order valence-corrected chi connectivity index (χ2v) is 13.3. The highest BCUT2D eigenvalue weighted by atomic mass is 32.2. The number of anilines is 1. The maximum Gasteiger partial charge on any atom is 0.340 e. The van der Waals surface area contributed by atoms with Gasteiger partial charge in [-0.1, -0.05) is 87.5 Å². The summed E-state index contributed by atoms with van der Waals surface area (Å²) < 4.78 is 8.10. The first-order valence-corrected chi connectivity index (χ1v) is 16.6. The van der Waals surface area contributed by atoms with Gasteiger partial charge in [0, 0.05) is 22.7 Å². The van der Waals surface area contributed by atoms with Crippen molar-refractivity contribution in [2.45, 2.75) is 58.2 Å². The molecule has 2 N–H and O–H groups in total. The van der Waals surface area contributed by atoms with E-state index in [4.69, 9.17) is 4.74 Å². The Balaban J connectivity index is 1.21. The molecule has 9 heteroatoms. The van der Waals surface area contributed by atoms with E-state index in [9.17, 15) is 9.59 Å². The lowest BCUT2D eigenvalue weighted by Crippen LogP contribution is -2.36. The predicted octanol–water partition coefficient (Wildman–Crippen LogP) is 8.07. The number of nitrogens with one attached hydrogen (secondary N) is 2. The fraction of sp³-hybridized carbons (Fsp3) is 0.333. The molecule has 232 valence electrons. The minimum absolute atomic E-state index is 0.0802. The topological polar surface area (TPSA) is 102 Å². The number of hydrogen-bond acceptors (Lipinski definition) is 6. The predicted molar refractivity (Wildman–Crippen MR) is 180 cm³/mol. The molecule has 6 rings (SSSR count). The standard InChI is InChI=1S/C36H39N5O3S/c1-22(2)25-18-17-23(3)19-32(25)44-35(43)27-13-7-9-15-30(27)38-33(42)21-45-36-40-39-34(41(36)31-16-10-5-11-24(31)4)28-20-37-29-14-8-6-12-26(28)29/h5-16,20,22-23,25,32,37H,17-19,21H2,1-4H3,(H,38,42)/t23-,25+,32-/m1/s1. The summed E-state index contributed by atoms with van der Waals surface area (Å²) in [5.41, 5.74) is 4.74. The number of hydrogen-bond donors (Lipinski definition) is 2. The van der Waals surface area contributed by atoms with E-state index in [0.29, 0.717) is 40.0 Å². The number of amides is 1. The van der Waals surface area contributed by atoms with Crippen molar-refractivity contribution in [3.05, 3.63) is 90.1 Å². The number of benzene rings is 3. The number of aromatic amines is 1. The molecule has 3 atom stereocenters. The summed E-state index contributed by atoms with van der Waals surface area (Å²) in [5.74, 6) is 1.41. The lowest BCUT2D eigenvalue weighted by Gasteiger charge is -2.36. The monoisotopic (exact) mass is 621 g/mol. The van der Waals surface area contributed by atoms with Crippen LogP contribution in [0.4, 0.5) is 5.69 Å². The van der Waals surface area contributed by atoms with E-state index >= 15 is 0 Å². The molecule has 0 saturated heterocycles. The van der Waals surface area contributed by atoms with Gasteiger partial charge >= 0.3 is 5.97 Å². The van der Waals surface area contributed by atoms with Crippen LogP contribution < -0.4 is 5.32 Å². The van der Waals surface area contributed by atoms with Gasteiger partial charge in [0.1, 0.15) is 6.10 Å². The largest absolute Gasteiger partial charge is 0.458 e. The van der Waals surface area contributed by atoms with Gasteiger partial charge in [0.2, 0.25) is 5.91 Å². The third kappa shape index (κ3) is 6.54. The number of para-hydroxylation sites is 3. The molecule has 1 amide bonds. The molecule has 0 radical (unpaired) electrons. The van der Waals surface area contributed by atoms with Crippen molar-refractivity contribution < 1.29 is 14.3 Å². The Labute approximate surface area is 268 Å². The maximum absolute atomic E-state index is 13.4. The molecule has 1 saturated carbocycles. The number of nitrogens with zero attached hydrogens (tertiary/aromatic N) is 3. The first kappa shape index (κ1) is 30.6. The number of esters is 1. The molecule has 0 spiro atoms. The Hall–Kier alpha value is -4.37. The summed E-state index contributed by atoms with van der Waals surface area (Å²) in [6, 6.07) is 23.2. The molecular weight excluding hydrogens is 582 g/mol. The van der Waals surface area contributed by atoms with E-state index in [1.165, 1.54) is 11.8 Å². The number of ether oxygens (including phenoxy) is 1. The molecular formula is C36H39N5O3S. The molecule has 45 heavy (non-hydrogen) atoms. The van der Waals surface area contributed by atoms with E-state index in [-0.39, 0.29) is 17.8 Å². The van der Waals surface area contributed by atoms with E-state index in [1.807, 2.05) is 60.2 Å². The van der Waals surface area contributed by atoms with Crippen LogP contribution in [0.3, 0.4) is 0 Å². The minimum atomic E-state index is -0.397. The molecule has 1 aliphatic rings. The van der Waals surface area contributed by atoms with Crippen molar-refractivity contribution >= 4 is 40.2 Å². The molecule has 1 fully saturated rings. The van der Waals surface area contributed by atoms with Crippen LogP contribution in [0.1, 0.15) is 56.0 Å². The lowest BCUT2D eigenvalue weighted by atomic mass is 9.75. The van der Waals surface area contributed by atoms with Crippen molar-refractivity contribution in [2.75, 3.05) is 11.1 Å². The Morgan fingerprint density at radius 1 is 1.02 bits per heavy atom. The van der Waals surface area contributed by atoms with Gasteiger partial charge in [0.15, 0.2) is 11.0 Å². The number of carbonyl (C=O) groups excluding carboxylic acids is 2. The van der Waals surface area contributed by atoms with Crippen LogP contribution in [0.5, 0.6) is 0 Å². The molecule has 0 bridgehead atoms. The first-order valence-electron chi connectivity index (χ1n) is 15.6. The van der Waals surface area contributed by atoms with Crippen LogP contribution in [0.2, 0.25) is 0 Å². The van der Waals surface area contributed by atoms with E-state index in [0.717, 1.165) is 47.0 Å². The molecule has 2 aromatic heterocycles. The molecule has 1 aliphatic carbocycles. The van der Waals surface area contributed by atoms with E-state index in [1.54, 1.807) is 24.3 Å². The molecule has 0 aliphatic heterocycles. The number of aromatic nitrogens is 4. The van der Waals surface area contributed by atoms with Gasteiger partial charge < -0.3 is 15.0 Å². The number of rotatable bonds is 9. The Morgan fingerprint density at radius 3 is 2.60 bits per heavy atom. The third-order valence-corrected chi connectivity index (χ3v) is 9.72. The number of fused-ring (bicyclic) bond motifs is 1. The summed E-state index contributed by atoms with van der Waals surface area (Å²) >= 11 is 1.30. The highest BCUT2D eigenvalue weighted by Crippen LogP contribution is 2.37. The van der Waals surface area contributed by atoms with Crippen molar-refractivity contribution in [1.29, 1.82) is 0 Å². The summed E-state index contributed by atoms with van der Waals surface area (Å²) in [5, 5.41) is 13.7. The van der Waals surface area contributed by atoms with Crippen molar-refractivity contribution in [2.24, 2.45) is 17.8 Å². The number of thioether (sulfide) groups is 1. The van der Waals surface area contributed by atoms with E-state index in [2.05, 4.69) is 47.3 Å². The van der Waals surface area contributed by atoms with Crippen LogP contribution in [0.25, 0.3) is 28.0 Å². The Morgan fingerprint density at radius 2 is 1.78 bits per heavy atom.